The number of thioether (sulfide) groups is 1. The molecule has 0 saturated heterocycles. The molecule has 162 valence electrons. The molecule has 0 radical (unpaired) electrons. The van der Waals surface area contributed by atoms with Gasteiger partial charge in [-0.05, 0) is 36.8 Å². The lowest BCUT2D eigenvalue weighted by molar-refractivity contribution is 0.102. The first-order valence-electron chi connectivity index (χ1n) is 10.0. The van der Waals surface area contributed by atoms with Crippen LogP contribution in [0.5, 0.6) is 5.75 Å². The van der Waals surface area contributed by atoms with E-state index in [4.69, 9.17) is 9.72 Å². The van der Waals surface area contributed by atoms with Crippen molar-refractivity contribution in [1.82, 2.24) is 9.55 Å². The van der Waals surface area contributed by atoms with E-state index >= 15 is 0 Å². The number of hydrogen-bond acceptors (Lipinski definition) is 6. The van der Waals surface area contributed by atoms with Crippen molar-refractivity contribution >= 4 is 39.1 Å². The van der Waals surface area contributed by atoms with Gasteiger partial charge in [0.05, 0.1) is 18.2 Å². The Kier molecular flexibility index (Phi) is 6.58. The van der Waals surface area contributed by atoms with Crippen molar-refractivity contribution in [3.63, 3.8) is 0 Å². The second-order valence-corrected chi connectivity index (χ2v) is 9.04. The normalized spacial score (nSPS) is 10.9. The molecule has 0 aliphatic heterocycles. The van der Waals surface area contributed by atoms with Gasteiger partial charge in [-0.3, -0.25) is 14.2 Å². The first-order chi connectivity index (χ1) is 15.5. The van der Waals surface area contributed by atoms with E-state index in [1.807, 2.05) is 36.6 Å². The maximum absolute atomic E-state index is 13.4. The van der Waals surface area contributed by atoms with E-state index in [1.165, 1.54) is 23.1 Å². The van der Waals surface area contributed by atoms with E-state index in [0.717, 1.165) is 16.7 Å². The molecule has 32 heavy (non-hydrogen) atoms. The van der Waals surface area contributed by atoms with Crippen molar-refractivity contribution in [2.45, 2.75) is 18.6 Å². The van der Waals surface area contributed by atoms with Gasteiger partial charge in [0.1, 0.15) is 10.6 Å². The molecule has 0 spiro atoms. The maximum Gasteiger partial charge on any atom is 0.263 e. The van der Waals surface area contributed by atoms with Crippen molar-refractivity contribution in [3.8, 4) is 16.9 Å². The molecule has 7 heteroatoms. The van der Waals surface area contributed by atoms with Crippen LogP contribution in [0, 0.1) is 6.92 Å². The van der Waals surface area contributed by atoms with Crippen molar-refractivity contribution < 1.29 is 9.53 Å². The van der Waals surface area contributed by atoms with Crippen LogP contribution in [0.25, 0.3) is 21.3 Å². The fraction of sp³-hybridized carbons (Fsp3) is 0.160. The SMILES string of the molecule is C=CCn1c(SCC(=O)c2ccc(OC)cc2)nc2scc(-c3ccc(C)cc3)c2c1=O. The van der Waals surface area contributed by atoms with E-state index in [0.29, 0.717) is 33.2 Å². The van der Waals surface area contributed by atoms with Gasteiger partial charge in [-0.1, -0.05) is 47.7 Å². The molecule has 4 aromatic rings. The largest absolute Gasteiger partial charge is 0.497 e. The Morgan fingerprint density at radius 1 is 1.19 bits per heavy atom. The third-order valence-corrected chi connectivity index (χ3v) is 6.93. The average Bonchev–Trinajstić information content (AvgIpc) is 3.24. The quantitative estimate of drug-likeness (QED) is 0.148. The van der Waals surface area contributed by atoms with Gasteiger partial charge in [0, 0.05) is 23.1 Å². The zero-order valence-electron chi connectivity index (χ0n) is 17.8. The molecular weight excluding hydrogens is 440 g/mol. The number of thiophene rings is 1. The first-order valence-corrected chi connectivity index (χ1v) is 11.9. The molecule has 0 aliphatic carbocycles. The number of hydrogen-bond donors (Lipinski definition) is 0. The van der Waals surface area contributed by atoms with Gasteiger partial charge in [-0.15, -0.1) is 17.9 Å². The predicted octanol–water partition coefficient (Wildman–Crippen LogP) is 5.60. The number of aromatic nitrogens is 2. The smallest absolute Gasteiger partial charge is 0.263 e. The van der Waals surface area contributed by atoms with Gasteiger partial charge >= 0.3 is 0 Å². The number of carbonyl (C=O) groups excluding carboxylic acids is 1. The van der Waals surface area contributed by atoms with Crippen molar-refractivity contribution in [2.75, 3.05) is 12.9 Å². The molecule has 0 N–H and O–H groups in total. The first kappa shape index (κ1) is 22.0. The third kappa shape index (κ3) is 4.40. The molecule has 0 fully saturated rings. The molecule has 0 aliphatic rings. The van der Waals surface area contributed by atoms with Crippen LogP contribution in [0.3, 0.4) is 0 Å². The Balaban J connectivity index is 1.67. The maximum atomic E-state index is 13.4. The summed E-state index contributed by atoms with van der Waals surface area (Å²) in [5.41, 5.74) is 3.50. The zero-order valence-corrected chi connectivity index (χ0v) is 19.5. The Labute approximate surface area is 194 Å². The fourth-order valence-corrected chi connectivity index (χ4v) is 5.23. The predicted molar refractivity (Wildman–Crippen MR) is 132 cm³/mol. The van der Waals surface area contributed by atoms with Crippen LogP contribution in [-0.4, -0.2) is 28.2 Å². The van der Waals surface area contributed by atoms with E-state index in [9.17, 15) is 9.59 Å². The molecule has 0 amide bonds. The summed E-state index contributed by atoms with van der Waals surface area (Å²) in [6.07, 6.45) is 1.67. The van der Waals surface area contributed by atoms with Crippen LogP contribution < -0.4 is 10.3 Å². The van der Waals surface area contributed by atoms with E-state index in [1.54, 1.807) is 42.0 Å². The molecule has 4 rings (SSSR count). The number of allylic oxidation sites excluding steroid dienone is 1. The van der Waals surface area contributed by atoms with E-state index in [-0.39, 0.29) is 17.1 Å². The number of ketones is 1. The molecule has 5 nitrogen and oxygen atoms in total. The lowest BCUT2D eigenvalue weighted by atomic mass is 10.1. The summed E-state index contributed by atoms with van der Waals surface area (Å²) in [7, 11) is 1.59. The highest BCUT2D eigenvalue weighted by Crippen LogP contribution is 2.32. The Morgan fingerprint density at radius 3 is 2.56 bits per heavy atom. The number of methoxy groups -OCH3 is 1. The molecule has 2 aromatic heterocycles. The zero-order chi connectivity index (χ0) is 22.7. The highest BCUT2D eigenvalue weighted by atomic mass is 32.2. The highest BCUT2D eigenvalue weighted by molar-refractivity contribution is 7.99. The van der Waals surface area contributed by atoms with Crippen LogP contribution in [0.1, 0.15) is 15.9 Å². The van der Waals surface area contributed by atoms with Crippen LogP contribution in [0.2, 0.25) is 0 Å². The summed E-state index contributed by atoms with van der Waals surface area (Å²) < 4.78 is 6.73. The number of nitrogens with zero attached hydrogens (tertiary/aromatic N) is 2. The number of ether oxygens (including phenoxy) is 1. The monoisotopic (exact) mass is 462 g/mol. The minimum absolute atomic E-state index is 0.0383. The number of carbonyl (C=O) groups is 1. The summed E-state index contributed by atoms with van der Waals surface area (Å²) >= 11 is 2.71. The van der Waals surface area contributed by atoms with Gasteiger partial charge in [-0.2, -0.15) is 0 Å². The molecule has 0 unspecified atom stereocenters. The number of Topliss-reactive ketones (excluding diaryl/α,β-unsaturated/α-hetero) is 1. The molecular formula is C25H22N2O3S2. The minimum Gasteiger partial charge on any atom is -0.497 e. The van der Waals surface area contributed by atoms with Crippen molar-refractivity contribution in [1.29, 1.82) is 0 Å². The number of fused-ring (bicyclic) bond motifs is 1. The van der Waals surface area contributed by atoms with E-state index < -0.39 is 0 Å². The fourth-order valence-electron chi connectivity index (χ4n) is 3.34. The summed E-state index contributed by atoms with van der Waals surface area (Å²) in [5.74, 6) is 0.837. The summed E-state index contributed by atoms with van der Waals surface area (Å²) in [4.78, 5) is 31.5. The molecule has 2 aromatic carbocycles. The summed E-state index contributed by atoms with van der Waals surface area (Å²) in [6, 6.07) is 15.1. The third-order valence-electron chi connectivity index (χ3n) is 5.08. The number of rotatable bonds is 8. The van der Waals surface area contributed by atoms with Gasteiger partial charge < -0.3 is 4.74 Å². The Hall–Kier alpha value is -3.16. The average molecular weight is 463 g/mol. The van der Waals surface area contributed by atoms with Crippen LogP contribution in [0.15, 0.2) is 76.5 Å². The molecule has 0 saturated carbocycles. The van der Waals surface area contributed by atoms with Crippen LogP contribution in [0.4, 0.5) is 0 Å². The van der Waals surface area contributed by atoms with Gasteiger partial charge in [0.15, 0.2) is 10.9 Å². The summed E-state index contributed by atoms with van der Waals surface area (Å²) in [6.45, 7) is 6.14. The van der Waals surface area contributed by atoms with Crippen molar-refractivity contribution in [3.05, 3.63) is 88.0 Å². The Morgan fingerprint density at radius 2 is 1.91 bits per heavy atom. The van der Waals surface area contributed by atoms with Gasteiger partial charge in [-0.25, -0.2) is 4.98 Å². The molecule has 0 atom stereocenters. The minimum atomic E-state index is -0.119. The topological polar surface area (TPSA) is 61.2 Å². The Bertz CT molecular complexity index is 1340. The number of aryl methyl sites for hydroxylation is 1. The standard InChI is InChI=1S/C25H22N2O3S2/c1-4-13-27-24(29)22-20(17-7-5-16(2)6-8-17)14-31-23(22)26-25(27)32-15-21(28)18-9-11-19(30-3)12-10-18/h4-12,14H,1,13,15H2,2-3H3. The van der Waals surface area contributed by atoms with Gasteiger partial charge in [0.25, 0.3) is 5.56 Å². The lowest BCUT2D eigenvalue weighted by Gasteiger charge is -2.11. The van der Waals surface area contributed by atoms with Gasteiger partial charge in [0.2, 0.25) is 0 Å². The van der Waals surface area contributed by atoms with E-state index in [2.05, 4.69) is 6.58 Å². The van der Waals surface area contributed by atoms with Crippen LogP contribution >= 0.6 is 23.1 Å². The molecule has 0 bridgehead atoms. The highest BCUT2D eigenvalue weighted by Gasteiger charge is 2.18. The second kappa shape index (κ2) is 9.54. The van der Waals surface area contributed by atoms with Crippen molar-refractivity contribution in [2.24, 2.45) is 0 Å². The number of benzene rings is 2. The second-order valence-electron chi connectivity index (χ2n) is 7.23. The molecule has 2 heterocycles. The lowest BCUT2D eigenvalue weighted by Crippen LogP contribution is -2.23. The summed E-state index contributed by atoms with van der Waals surface area (Å²) in [5, 5.41) is 3.09. The van der Waals surface area contributed by atoms with Crippen LogP contribution in [-0.2, 0) is 6.54 Å².